The van der Waals surface area contributed by atoms with E-state index in [1.165, 1.54) is 11.3 Å². The summed E-state index contributed by atoms with van der Waals surface area (Å²) in [6.45, 7) is 6.49. The quantitative estimate of drug-likeness (QED) is 0.787. The van der Waals surface area contributed by atoms with Crippen LogP contribution in [-0.4, -0.2) is 58.6 Å². The highest BCUT2D eigenvalue weighted by atomic mass is 35.5. The maximum absolute atomic E-state index is 12.2. The molecular formula is C17H21Cl2N5OS. The van der Waals surface area contributed by atoms with E-state index in [0.717, 1.165) is 49.7 Å². The van der Waals surface area contributed by atoms with Crippen LogP contribution >= 0.6 is 34.5 Å². The van der Waals surface area contributed by atoms with E-state index < -0.39 is 0 Å². The van der Waals surface area contributed by atoms with E-state index in [0.29, 0.717) is 21.7 Å². The number of carbonyl (C=O) groups is 1. The normalized spacial score (nSPS) is 16.0. The highest BCUT2D eigenvalue weighted by Crippen LogP contribution is 2.26. The Morgan fingerprint density at radius 1 is 1.15 bits per heavy atom. The highest BCUT2D eigenvalue weighted by molar-refractivity contribution is 7.15. The summed E-state index contributed by atoms with van der Waals surface area (Å²) in [5.74, 6) is -0.0496. The van der Waals surface area contributed by atoms with Gasteiger partial charge in [0.1, 0.15) is 5.01 Å². The van der Waals surface area contributed by atoms with Crippen LogP contribution in [0.5, 0.6) is 0 Å². The van der Waals surface area contributed by atoms with Gasteiger partial charge < -0.3 is 0 Å². The third-order valence-electron chi connectivity index (χ3n) is 4.29. The van der Waals surface area contributed by atoms with Crippen LogP contribution in [-0.2, 0) is 17.8 Å². The molecular weight excluding hydrogens is 393 g/mol. The van der Waals surface area contributed by atoms with E-state index in [2.05, 4.69) is 25.3 Å². The zero-order valence-corrected chi connectivity index (χ0v) is 16.9. The molecule has 2 heterocycles. The predicted octanol–water partition coefficient (Wildman–Crippen LogP) is 3.16. The van der Waals surface area contributed by atoms with Gasteiger partial charge >= 0.3 is 0 Å². The van der Waals surface area contributed by atoms with Crippen molar-refractivity contribution >= 4 is 45.6 Å². The highest BCUT2D eigenvalue weighted by Gasteiger charge is 2.21. The minimum Gasteiger partial charge on any atom is -0.299 e. The fourth-order valence-electron chi connectivity index (χ4n) is 2.82. The van der Waals surface area contributed by atoms with Gasteiger partial charge in [-0.25, -0.2) is 0 Å². The number of benzene rings is 1. The summed E-state index contributed by atoms with van der Waals surface area (Å²) in [7, 11) is 0. The largest absolute Gasteiger partial charge is 0.299 e. The third-order valence-corrected chi connectivity index (χ3v) is 5.98. The van der Waals surface area contributed by atoms with Crippen molar-refractivity contribution in [3.63, 3.8) is 0 Å². The molecule has 1 aromatic heterocycles. The van der Waals surface area contributed by atoms with Gasteiger partial charge in [0.25, 0.3) is 0 Å². The Bertz CT molecular complexity index is 741. The summed E-state index contributed by atoms with van der Waals surface area (Å²) in [5, 5.41) is 13.7. The van der Waals surface area contributed by atoms with Gasteiger partial charge in [-0.15, -0.1) is 10.2 Å². The van der Waals surface area contributed by atoms with E-state index >= 15 is 0 Å². The monoisotopic (exact) mass is 413 g/mol. The first kappa shape index (κ1) is 19.5. The number of rotatable bonds is 6. The molecule has 0 bridgehead atoms. The molecule has 0 aliphatic carbocycles. The standard InChI is InChI=1S/C17H21Cl2N5OS/c1-2-16-21-22-17(26-16)20-15(25)11-24-8-6-23(7-9-24)10-12-13(18)4-3-5-14(12)19/h3-5H,2,6-11H2,1H3,(H,20,22,25). The fourth-order valence-corrected chi connectivity index (χ4v) is 4.03. The number of halogens is 2. The molecule has 140 valence electrons. The molecule has 1 aliphatic rings. The van der Waals surface area contributed by atoms with Crippen LogP contribution in [0.3, 0.4) is 0 Å². The molecule has 1 aliphatic heterocycles. The average Bonchev–Trinajstić information content (AvgIpc) is 3.07. The summed E-state index contributed by atoms with van der Waals surface area (Å²) < 4.78 is 0. The number of hydrogen-bond acceptors (Lipinski definition) is 6. The van der Waals surface area contributed by atoms with Crippen molar-refractivity contribution in [2.75, 3.05) is 38.0 Å². The molecule has 0 radical (unpaired) electrons. The zero-order chi connectivity index (χ0) is 18.5. The van der Waals surface area contributed by atoms with Crippen molar-refractivity contribution in [1.29, 1.82) is 0 Å². The zero-order valence-electron chi connectivity index (χ0n) is 14.5. The molecule has 1 saturated heterocycles. The SMILES string of the molecule is CCc1nnc(NC(=O)CN2CCN(Cc3c(Cl)cccc3Cl)CC2)s1. The van der Waals surface area contributed by atoms with Crippen molar-refractivity contribution < 1.29 is 4.79 Å². The molecule has 0 unspecified atom stereocenters. The Morgan fingerprint density at radius 3 is 2.42 bits per heavy atom. The second-order valence-corrected chi connectivity index (χ2v) is 8.03. The Morgan fingerprint density at radius 2 is 1.81 bits per heavy atom. The van der Waals surface area contributed by atoms with Gasteiger partial charge in [-0.3, -0.25) is 19.9 Å². The number of piperazine rings is 1. The molecule has 26 heavy (non-hydrogen) atoms. The van der Waals surface area contributed by atoms with Gasteiger partial charge in [0, 0.05) is 48.3 Å². The van der Waals surface area contributed by atoms with Crippen molar-refractivity contribution in [2.24, 2.45) is 0 Å². The minimum absolute atomic E-state index is 0.0496. The summed E-state index contributed by atoms with van der Waals surface area (Å²) >= 11 is 13.9. The van der Waals surface area contributed by atoms with Gasteiger partial charge in [-0.05, 0) is 18.6 Å². The van der Waals surface area contributed by atoms with Gasteiger partial charge in [0.15, 0.2) is 0 Å². The van der Waals surface area contributed by atoms with E-state index in [1.807, 2.05) is 25.1 Å². The number of aryl methyl sites for hydroxylation is 1. The smallest absolute Gasteiger partial charge is 0.240 e. The second-order valence-electron chi connectivity index (χ2n) is 6.16. The lowest BCUT2D eigenvalue weighted by Gasteiger charge is -2.34. The number of hydrogen-bond donors (Lipinski definition) is 1. The van der Waals surface area contributed by atoms with Crippen molar-refractivity contribution in [3.05, 3.63) is 38.8 Å². The van der Waals surface area contributed by atoms with Crippen LogP contribution in [0, 0.1) is 0 Å². The molecule has 3 rings (SSSR count). The van der Waals surface area contributed by atoms with E-state index in [-0.39, 0.29) is 5.91 Å². The Labute approximate surface area is 167 Å². The molecule has 0 saturated carbocycles. The van der Waals surface area contributed by atoms with Crippen LogP contribution in [0.4, 0.5) is 5.13 Å². The molecule has 0 atom stereocenters. The van der Waals surface area contributed by atoms with E-state index in [9.17, 15) is 4.79 Å². The van der Waals surface area contributed by atoms with Gasteiger partial charge in [0.05, 0.1) is 6.54 Å². The molecule has 1 N–H and O–H groups in total. The maximum atomic E-state index is 12.2. The Hall–Kier alpha value is -1.25. The van der Waals surface area contributed by atoms with E-state index in [1.54, 1.807) is 0 Å². The number of nitrogens with one attached hydrogen (secondary N) is 1. The average molecular weight is 414 g/mol. The lowest BCUT2D eigenvalue weighted by molar-refractivity contribution is -0.117. The molecule has 2 aromatic rings. The van der Waals surface area contributed by atoms with Crippen LogP contribution in [0.2, 0.25) is 10.0 Å². The minimum atomic E-state index is -0.0496. The molecule has 1 amide bonds. The lowest BCUT2D eigenvalue weighted by Crippen LogP contribution is -2.48. The fraction of sp³-hybridized carbons (Fsp3) is 0.471. The lowest BCUT2D eigenvalue weighted by atomic mass is 10.2. The first-order valence-corrected chi connectivity index (χ1v) is 10.1. The summed E-state index contributed by atoms with van der Waals surface area (Å²) in [6.07, 6.45) is 0.824. The predicted molar refractivity (Wildman–Crippen MR) is 106 cm³/mol. The Balaban J connectivity index is 1.45. The number of carbonyl (C=O) groups excluding carboxylic acids is 1. The number of nitrogens with zero attached hydrogens (tertiary/aromatic N) is 4. The molecule has 1 aromatic carbocycles. The number of aromatic nitrogens is 2. The Kier molecular flexibility index (Phi) is 6.83. The molecule has 9 heteroatoms. The summed E-state index contributed by atoms with van der Waals surface area (Å²) in [4.78, 5) is 16.6. The van der Waals surface area contributed by atoms with Crippen LogP contribution in [0.15, 0.2) is 18.2 Å². The van der Waals surface area contributed by atoms with Gasteiger partial charge in [-0.2, -0.15) is 0 Å². The van der Waals surface area contributed by atoms with Crippen molar-refractivity contribution in [1.82, 2.24) is 20.0 Å². The maximum Gasteiger partial charge on any atom is 0.240 e. The van der Waals surface area contributed by atoms with Crippen molar-refractivity contribution in [3.8, 4) is 0 Å². The number of amides is 1. The van der Waals surface area contributed by atoms with Gasteiger partial charge in [-0.1, -0.05) is 47.5 Å². The molecule has 6 nitrogen and oxygen atoms in total. The number of anilines is 1. The van der Waals surface area contributed by atoms with Crippen molar-refractivity contribution in [2.45, 2.75) is 19.9 Å². The van der Waals surface area contributed by atoms with Gasteiger partial charge in [0.2, 0.25) is 11.0 Å². The molecule has 0 spiro atoms. The first-order chi connectivity index (χ1) is 12.5. The topological polar surface area (TPSA) is 61.4 Å². The van der Waals surface area contributed by atoms with Crippen LogP contribution in [0.25, 0.3) is 0 Å². The summed E-state index contributed by atoms with van der Waals surface area (Å²) in [5.41, 5.74) is 0.963. The first-order valence-electron chi connectivity index (χ1n) is 8.55. The summed E-state index contributed by atoms with van der Waals surface area (Å²) in [6, 6.07) is 5.58. The third kappa shape index (κ3) is 5.14. The second kappa shape index (κ2) is 9.10. The van der Waals surface area contributed by atoms with E-state index in [4.69, 9.17) is 23.2 Å². The molecule has 1 fully saturated rings. The van der Waals surface area contributed by atoms with Crippen LogP contribution in [0.1, 0.15) is 17.5 Å². The van der Waals surface area contributed by atoms with Crippen LogP contribution < -0.4 is 5.32 Å².